The lowest BCUT2D eigenvalue weighted by atomic mass is 9.96. The lowest BCUT2D eigenvalue weighted by molar-refractivity contribution is -0.126. The summed E-state index contributed by atoms with van der Waals surface area (Å²) in [4.78, 5) is 16.8. The fourth-order valence-corrected chi connectivity index (χ4v) is 4.31. The zero-order valence-corrected chi connectivity index (χ0v) is 16.7. The topological polar surface area (TPSA) is 84.3 Å². The number of nitrogens with one attached hydrogen (secondary N) is 1. The number of benzene rings is 1. The van der Waals surface area contributed by atoms with Crippen molar-refractivity contribution in [2.24, 2.45) is 5.92 Å². The van der Waals surface area contributed by atoms with Crippen LogP contribution in [0, 0.1) is 12.8 Å². The summed E-state index contributed by atoms with van der Waals surface area (Å²) in [6, 6.07) is 7.93. The number of nitrogens with zero attached hydrogens (tertiary/aromatic N) is 3. The van der Waals surface area contributed by atoms with Gasteiger partial charge in [0.15, 0.2) is 0 Å². The molecule has 1 aliphatic rings. The Labute approximate surface area is 160 Å². The van der Waals surface area contributed by atoms with Gasteiger partial charge in [-0.2, -0.15) is 0 Å². The summed E-state index contributed by atoms with van der Waals surface area (Å²) >= 11 is 0. The van der Waals surface area contributed by atoms with Crippen molar-refractivity contribution in [3.8, 4) is 5.69 Å². The van der Waals surface area contributed by atoms with Gasteiger partial charge >= 0.3 is 0 Å². The van der Waals surface area contributed by atoms with Crippen molar-refractivity contribution in [3.63, 3.8) is 0 Å². The Morgan fingerprint density at radius 2 is 1.85 bits per heavy atom. The van der Waals surface area contributed by atoms with Crippen LogP contribution in [0.1, 0.15) is 37.2 Å². The lowest BCUT2D eigenvalue weighted by Gasteiger charge is -2.30. The van der Waals surface area contributed by atoms with Gasteiger partial charge in [-0.15, -0.1) is 0 Å². The molecule has 2 heterocycles. The zero-order valence-electron chi connectivity index (χ0n) is 15.9. The first kappa shape index (κ1) is 19.6. The van der Waals surface area contributed by atoms with Crippen molar-refractivity contribution >= 4 is 15.9 Å². The first-order valence-electron chi connectivity index (χ1n) is 9.11. The number of carbonyl (C=O) groups excluding carboxylic acids is 1. The van der Waals surface area contributed by atoms with E-state index in [9.17, 15) is 13.2 Å². The molecule has 0 saturated carbocycles. The van der Waals surface area contributed by atoms with Gasteiger partial charge in [-0.05, 0) is 44.4 Å². The van der Waals surface area contributed by atoms with Crippen LogP contribution in [0.3, 0.4) is 0 Å². The van der Waals surface area contributed by atoms with Gasteiger partial charge in [0.1, 0.15) is 5.82 Å². The maximum atomic E-state index is 12.5. The molecule has 1 N–H and O–H groups in total. The fraction of sp³-hybridized carbons (Fsp3) is 0.474. The molecule has 3 rings (SSSR count). The number of hydrogen-bond acceptors (Lipinski definition) is 4. The molecule has 27 heavy (non-hydrogen) atoms. The molecule has 0 aliphatic carbocycles. The highest BCUT2D eigenvalue weighted by atomic mass is 32.2. The molecule has 1 fully saturated rings. The van der Waals surface area contributed by atoms with Crippen LogP contribution in [-0.4, -0.2) is 47.5 Å². The minimum absolute atomic E-state index is 0.00909. The fourth-order valence-electron chi connectivity index (χ4n) is 3.44. The molecule has 1 aromatic heterocycles. The zero-order chi connectivity index (χ0) is 19.6. The third kappa shape index (κ3) is 4.56. The number of aromatic nitrogens is 2. The van der Waals surface area contributed by atoms with Gasteiger partial charge in [-0.3, -0.25) is 4.79 Å². The van der Waals surface area contributed by atoms with Crippen molar-refractivity contribution in [1.82, 2.24) is 19.2 Å². The Kier molecular flexibility index (Phi) is 5.67. The third-order valence-corrected chi connectivity index (χ3v) is 6.45. The van der Waals surface area contributed by atoms with E-state index in [1.807, 2.05) is 48.9 Å². The second-order valence-electron chi connectivity index (χ2n) is 7.10. The summed E-state index contributed by atoms with van der Waals surface area (Å²) in [5.41, 5.74) is 2.05. The first-order valence-corrected chi connectivity index (χ1v) is 11.0. The molecule has 0 radical (unpaired) electrons. The van der Waals surface area contributed by atoms with Crippen LogP contribution in [0.25, 0.3) is 5.69 Å². The van der Waals surface area contributed by atoms with Crippen LogP contribution < -0.4 is 5.32 Å². The van der Waals surface area contributed by atoms with E-state index in [0.29, 0.717) is 25.9 Å². The molecule has 8 heteroatoms. The van der Waals surface area contributed by atoms with E-state index in [1.54, 1.807) is 6.20 Å². The molecule has 1 saturated heterocycles. The van der Waals surface area contributed by atoms with Crippen molar-refractivity contribution in [2.45, 2.75) is 32.7 Å². The number of hydrogen-bond donors (Lipinski definition) is 1. The van der Waals surface area contributed by atoms with Gasteiger partial charge in [0.05, 0.1) is 12.3 Å². The van der Waals surface area contributed by atoms with Crippen LogP contribution in [-0.2, 0) is 14.8 Å². The van der Waals surface area contributed by atoms with Gasteiger partial charge in [0, 0.05) is 37.1 Å². The predicted molar refractivity (Wildman–Crippen MR) is 104 cm³/mol. The van der Waals surface area contributed by atoms with Crippen molar-refractivity contribution in [3.05, 3.63) is 48.0 Å². The average molecular weight is 391 g/mol. The van der Waals surface area contributed by atoms with Crippen LogP contribution in [0.15, 0.2) is 36.7 Å². The maximum Gasteiger partial charge on any atom is 0.223 e. The van der Waals surface area contributed by atoms with E-state index in [1.165, 1.54) is 10.6 Å². The monoisotopic (exact) mass is 390 g/mol. The van der Waals surface area contributed by atoms with Gasteiger partial charge in [0.2, 0.25) is 15.9 Å². The standard InChI is InChI=1S/C19H26N4O3S/c1-14(16-4-6-18(7-5-16)23-13-10-20-15(23)2)21-19(24)17-8-11-22(12-9-17)27(3,25)26/h4-7,10,13-14,17H,8-9,11-12H2,1-3H3,(H,21,24)/t14-/m0/s1. The SMILES string of the molecule is Cc1nccn1-c1ccc([C@H](C)NC(=O)C2CCN(S(C)(=O)=O)CC2)cc1. The third-order valence-electron chi connectivity index (χ3n) is 5.15. The van der Waals surface area contributed by atoms with E-state index < -0.39 is 10.0 Å². The van der Waals surface area contributed by atoms with E-state index in [-0.39, 0.29) is 17.9 Å². The van der Waals surface area contributed by atoms with Crippen LogP contribution >= 0.6 is 0 Å². The molecule has 0 spiro atoms. The predicted octanol–water partition coefficient (Wildman–Crippen LogP) is 2.03. The van der Waals surface area contributed by atoms with Crippen molar-refractivity contribution in [1.29, 1.82) is 0 Å². The molecule has 0 bridgehead atoms. The number of aryl methyl sites for hydroxylation is 1. The smallest absolute Gasteiger partial charge is 0.223 e. The van der Waals surface area contributed by atoms with Gasteiger partial charge in [-0.1, -0.05) is 12.1 Å². The second kappa shape index (κ2) is 7.82. The number of carbonyl (C=O) groups is 1. The molecule has 1 amide bonds. The van der Waals surface area contributed by atoms with E-state index in [2.05, 4.69) is 10.3 Å². The Morgan fingerprint density at radius 3 is 2.37 bits per heavy atom. The minimum Gasteiger partial charge on any atom is -0.349 e. The molecular weight excluding hydrogens is 364 g/mol. The van der Waals surface area contributed by atoms with Crippen molar-refractivity contribution < 1.29 is 13.2 Å². The van der Waals surface area contributed by atoms with E-state index in [0.717, 1.165) is 17.1 Å². The number of rotatable bonds is 5. The van der Waals surface area contributed by atoms with Crippen LogP contribution in [0.4, 0.5) is 0 Å². The van der Waals surface area contributed by atoms with E-state index >= 15 is 0 Å². The average Bonchev–Trinajstić information content (AvgIpc) is 3.07. The highest BCUT2D eigenvalue weighted by Gasteiger charge is 2.29. The largest absolute Gasteiger partial charge is 0.349 e. The summed E-state index contributed by atoms with van der Waals surface area (Å²) in [7, 11) is -3.17. The van der Waals surface area contributed by atoms with Crippen LogP contribution in [0.2, 0.25) is 0 Å². The molecular formula is C19H26N4O3S. The highest BCUT2D eigenvalue weighted by molar-refractivity contribution is 7.88. The van der Waals surface area contributed by atoms with E-state index in [4.69, 9.17) is 0 Å². The van der Waals surface area contributed by atoms with Gasteiger partial charge in [-0.25, -0.2) is 17.7 Å². The quantitative estimate of drug-likeness (QED) is 0.847. The molecule has 2 aromatic rings. The number of sulfonamides is 1. The Balaban J connectivity index is 1.58. The Hall–Kier alpha value is -2.19. The lowest BCUT2D eigenvalue weighted by Crippen LogP contribution is -2.43. The molecule has 146 valence electrons. The Morgan fingerprint density at radius 1 is 1.22 bits per heavy atom. The van der Waals surface area contributed by atoms with Gasteiger partial charge in [0.25, 0.3) is 0 Å². The highest BCUT2D eigenvalue weighted by Crippen LogP contribution is 2.22. The number of piperidine rings is 1. The molecule has 0 unspecified atom stereocenters. The Bertz CT molecular complexity index is 897. The second-order valence-corrected chi connectivity index (χ2v) is 9.09. The summed E-state index contributed by atoms with van der Waals surface area (Å²) < 4.78 is 26.6. The molecule has 7 nitrogen and oxygen atoms in total. The maximum absolute atomic E-state index is 12.5. The summed E-state index contributed by atoms with van der Waals surface area (Å²) in [5, 5.41) is 3.06. The summed E-state index contributed by atoms with van der Waals surface area (Å²) in [6.07, 6.45) is 6.01. The number of amides is 1. The molecule has 1 atom stereocenters. The van der Waals surface area contributed by atoms with Gasteiger partial charge < -0.3 is 9.88 Å². The van der Waals surface area contributed by atoms with Crippen molar-refractivity contribution in [2.75, 3.05) is 19.3 Å². The number of imidazole rings is 1. The molecule has 1 aromatic carbocycles. The first-order chi connectivity index (χ1) is 12.8. The normalized spacial score (nSPS) is 17.6. The molecule has 1 aliphatic heterocycles. The van der Waals surface area contributed by atoms with Crippen LogP contribution in [0.5, 0.6) is 0 Å². The summed E-state index contributed by atoms with van der Waals surface area (Å²) in [6.45, 7) is 4.72. The minimum atomic E-state index is -3.17. The summed E-state index contributed by atoms with van der Waals surface area (Å²) in [5.74, 6) is 0.771.